The van der Waals surface area contributed by atoms with Crippen LogP contribution in [0, 0.1) is 12.3 Å². The first-order valence-electron chi connectivity index (χ1n) is 4.89. The van der Waals surface area contributed by atoms with E-state index in [9.17, 15) is 4.79 Å². The molecule has 16 heavy (non-hydrogen) atoms. The molecule has 1 amide bonds. The topological polar surface area (TPSA) is 44.9 Å². The number of terminal acetylenes is 1. The number of amides is 1. The lowest BCUT2D eigenvalue weighted by molar-refractivity contribution is 0.0940. The van der Waals surface area contributed by atoms with Gasteiger partial charge < -0.3 is 10.3 Å². The van der Waals surface area contributed by atoms with Gasteiger partial charge >= 0.3 is 0 Å². The number of hydrogen-bond donors (Lipinski definition) is 2. The van der Waals surface area contributed by atoms with Gasteiger partial charge in [-0.1, -0.05) is 42.5 Å². The lowest BCUT2D eigenvalue weighted by Gasteiger charge is -2.10. The molecule has 86 valence electrons. The third-order valence-electron chi connectivity index (χ3n) is 2.05. The number of H-pyrrole nitrogens is 1. The maximum atomic E-state index is 11.7. The van der Waals surface area contributed by atoms with Crippen molar-refractivity contribution in [1.82, 2.24) is 10.3 Å². The van der Waals surface area contributed by atoms with Gasteiger partial charge in [-0.2, -0.15) is 0 Å². The second kappa shape index (κ2) is 5.83. The Morgan fingerprint density at radius 2 is 2.38 bits per heavy atom. The van der Waals surface area contributed by atoms with E-state index in [0.717, 1.165) is 12.8 Å². The largest absolute Gasteiger partial charge is 0.340 e. The molecule has 0 aliphatic rings. The third-order valence-corrected chi connectivity index (χ3v) is 2.75. The van der Waals surface area contributed by atoms with Gasteiger partial charge in [0, 0.05) is 0 Å². The highest BCUT2D eigenvalue weighted by molar-refractivity contribution is 6.41. The Balaban J connectivity index is 2.68. The van der Waals surface area contributed by atoms with Crippen LogP contribution in [-0.2, 0) is 0 Å². The van der Waals surface area contributed by atoms with Gasteiger partial charge in [-0.25, -0.2) is 0 Å². The van der Waals surface area contributed by atoms with Crippen LogP contribution in [0.1, 0.15) is 30.3 Å². The van der Waals surface area contributed by atoms with Gasteiger partial charge in [0.05, 0.1) is 11.1 Å². The summed E-state index contributed by atoms with van der Waals surface area (Å²) < 4.78 is 0. The minimum atomic E-state index is -0.301. The summed E-state index contributed by atoms with van der Waals surface area (Å²) in [6.07, 6.45) is 6.94. The summed E-state index contributed by atoms with van der Waals surface area (Å²) in [5, 5.41) is 3.27. The Kier molecular flexibility index (Phi) is 4.72. The summed E-state index contributed by atoms with van der Waals surface area (Å²) in [6.45, 7) is 2.00. The van der Waals surface area contributed by atoms with Crippen molar-refractivity contribution in [3.8, 4) is 12.3 Å². The standard InChI is InChI=1S/C11H12Cl2N2O/c1-3-5-7(4-2)14-11(16)9-6-8(12)10(13)15-9/h2,6-7,15H,3,5H2,1H3,(H,14,16). The first-order valence-corrected chi connectivity index (χ1v) is 5.65. The quantitative estimate of drug-likeness (QED) is 0.802. The Bertz CT molecular complexity index is 401. The van der Waals surface area contributed by atoms with E-state index in [-0.39, 0.29) is 17.1 Å². The van der Waals surface area contributed by atoms with Crippen molar-refractivity contribution in [1.29, 1.82) is 0 Å². The molecule has 0 aromatic carbocycles. The number of aromatic nitrogens is 1. The van der Waals surface area contributed by atoms with Gasteiger partial charge in [-0.3, -0.25) is 4.79 Å². The smallest absolute Gasteiger partial charge is 0.268 e. The number of halogens is 2. The molecule has 1 rings (SSSR count). The van der Waals surface area contributed by atoms with Crippen molar-refractivity contribution in [3.05, 3.63) is 21.9 Å². The SMILES string of the molecule is C#CC(CCC)NC(=O)c1cc(Cl)c(Cl)[nH]1. The van der Waals surface area contributed by atoms with E-state index < -0.39 is 0 Å². The Labute approximate surface area is 105 Å². The number of nitrogens with one attached hydrogen (secondary N) is 2. The molecule has 0 aliphatic carbocycles. The number of aromatic amines is 1. The highest BCUT2D eigenvalue weighted by Crippen LogP contribution is 2.21. The van der Waals surface area contributed by atoms with Crippen LogP contribution in [0.4, 0.5) is 0 Å². The van der Waals surface area contributed by atoms with Gasteiger partial charge in [-0.05, 0) is 12.5 Å². The maximum absolute atomic E-state index is 11.7. The van der Waals surface area contributed by atoms with Crippen LogP contribution in [0.5, 0.6) is 0 Å². The van der Waals surface area contributed by atoms with Crippen molar-refractivity contribution in [3.63, 3.8) is 0 Å². The van der Waals surface area contributed by atoms with E-state index in [4.69, 9.17) is 29.6 Å². The molecular weight excluding hydrogens is 247 g/mol. The van der Waals surface area contributed by atoms with E-state index >= 15 is 0 Å². The molecule has 0 aliphatic heterocycles. The summed E-state index contributed by atoms with van der Waals surface area (Å²) in [5.74, 6) is 2.21. The normalized spacial score (nSPS) is 11.9. The molecule has 0 radical (unpaired) electrons. The predicted molar refractivity (Wildman–Crippen MR) is 65.8 cm³/mol. The summed E-state index contributed by atoms with van der Waals surface area (Å²) in [5.41, 5.74) is 0.311. The first-order chi connectivity index (χ1) is 7.58. The second-order valence-corrected chi connectivity index (χ2v) is 4.11. The fourth-order valence-corrected chi connectivity index (χ4v) is 1.56. The molecule has 0 spiro atoms. The minimum absolute atomic E-state index is 0.250. The highest BCUT2D eigenvalue weighted by atomic mass is 35.5. The molecule has 0 saturated heterocycles. The molecular formula is C11H12Cl2N2O. The number of carbonyl (C=O) groups excluding carboxylic acids is 1. The summed E-state index contributed by atoms with van der Waals surface area (Å²) >= 11 is 11.4. The summed E-state index contributed by atoms with van der Waals surface area (Å²) in [6, 6.07) is 1.21. The van der Waals surface area contributed by atoms with E-state index in [1.165, 1.54) is 6.07 Å². The highest BCUT2D eigenvalue weighted by Gasteiger charge is 2.14. The monoisotopic (exact) mass is 258 g/mol. The van der Waals surface area contributed by atoms with Gasteiger partial charge in [0.25, 0.3) is 5.91 Å². The van der Waals surface area contributed by atoms with E-state index in [1.54, 1.807) is 0 Å². The minimum Gasteiger partial charge on any atom is -0.340 e. The summed E-state index contributed by atoms with van der Waals surface area (Å²) in [4.78, 5) is 14.4. The molecule has 1 aromatic rings. The molecule has 5 heteroatoms. The Hall–Kier alpha value is -1.11. The Morgan fingerprint density at radius 1 is 1.69 bits per heavy atom. The first kappa shape index (κ1) is 13.0. The molecule has 2 N–H and O–H groups in total. The van der Waals surface area contributed by atoms with Crippen LogP contribution in [0.2, 0.25) is 10.2 Å². The van der Waals surface area contributed by atoms with Gasteiger partial charge in [0.2, 0.25) is 0 Å². The lowest BCUT2D eigenvalue weighted by atomic mass is 10.2. The predicted octanol–water partition coefficient (Wildman–Crippen LogP) is 2.85. The van der Waals surface area contributed by atoms with Crippen LogP contribution in [0.25, 0.3) is 0 Å². The fourth-order valence-electron chi connectivity index (χ4n) is 1.25. The van der Waals surface area contributed by atoms with Crippen molar-refractivity contribution in [2.45, 2.75) is 25.8 Å². The molecule has 3 nitrogen and oxygen atoms in total. The van der Waals surface area contributed by atoms with Crippen molar-refractivity contribution in [2.75, 3.05) is 0 Å². The molecule has 0 fully saturated rings. The van der Waals surface area contributed by atoms with Gasteiger partial charge in [-0.15, -0.1) is 6.42 Å². The van der Waals surface area contributed by atoms with Gasteiger partial charge in [0.1, 0.15) is 10.8 Å². The Morgan fingerprint density at radius 3 is 2.81 bits per heavy atom. The average molecular weight is 259 g/mol. The zero-order valence-electron chi connectivity index (χ0n) is 8.81. The van der Waals surface area contributed by atoms with Gasteiger partial charge in [0.15, 0.2) is 0 Å². The van der Waals surface area contributed by atoms with Crippen LogP contribution < -0.4 is 5.32 Å². The van der Waals surface area contributed by atoms with E-state index in [1.807, 2.05) is 6.92 Å². The molecule has 1 atom stereocenters. The fraction of sp³-hybridized carbons (Fsp3) is 0.364. The zero-order valence-corrected chi connectivity index (χ0v) is 10.3. The summed E-state index contributed by atoms with van der Waals surface area (Å²) in [7, 11) is 0. The lowest BCUT2D eigenvalue weighted by Crippen LogP contribution is -2.33. The van der Waals surface area contributed by atoms with Crippen LogP contribution in [-0.4, -0.2) is 16.9 Å². The zero-order chi connectivity index (χ0) is 12.1. The number of carbonyl (C=O) groups is 1. The average Bonchev–Trinajstić information content (AvgIpc) is 2.58. The van der Waals surface area contributed by atoms with Crippen molar-refractivity contribution in [2.24, 2.45) is 0 Å². The maximum Gasteiger partial charge on any atom is 0.268 e. The van der Waals surface area contributed by atoms with Crippen LogP contribution >= 0.6 is 23.2 Å². The van der Waals surface area contributed by atoms with E-state index in [0.29, 0.717) is 10.7 Å². The molecule has 0 bridgehead atoms. The van der Waals surface area contributed by atoms with Crippen LogP contribution in [0.15, 0.2) is 6.07 Å². The van der Waals surface area contributed by atoms with Crippen molar-refractivity contribution >= 4 is 29.1 Å². The number of rotatable bonds is 4. The van der Waals surface area contributed by atoms with Crippen LogP contribution in [0.3, 0.4) is 0 Å². The third kappa shape index (κ3) is 3.19. The molecule has 0 saturated carbocycles. The van der Waals surface area contributed by atoms with E-state index in [2.05, 4.69) is 16.2 Å². The number of hydrogen-bond acceptors (Lipinski definition) is 1. The molecule has 1 unspecified atom stereocenters. The second-order valence-electron chi connectivity index (χ2n) is 3.33. The molecule has 1 aromatic heterocycles. The van der Waals surface area contributed by atoms with Crippen molar-refractivity contribution < 1.29 is 4.79 Å². The molecule has 1 heterocycles.